The molecule has 0 fully saturated rings. The zero-order valence-electron chi connectivity index (χ0n) is 9.90. The van der Waals surface area contributed by atoms with Gasteiger partial charge in [-0.2, -0.15) is 0 Å². The van der Waals surface area contributed by atoms with Gasteiger partial charge in [0.15, 0.2) is 0 Å². The van der Waals surface area contributed by atoms with E-state index < -0.39 is 12.1 Å². The molecule has 0 aromatic heterocycles. The number of benzene rings is 1. The Hall–Kier alpha value is -1.75. The molecule has 6 heteroatoms. The van der Waals surface area contributed by atoms with Gasteiger partial charge in [-0.25, -0.2) is 4.79 Å². The zero-order valence-corrected chi connectivity index (χ0v) is 10.7. The van der Waals surface area contributed by atoms with Crippen LogP contribution in [-0.4, -0.2) is 23.8 Å². The van der Waals surface area contributed by atoms with Crippen LogP contribution in [0.2, 0.25) is 5.02 Å². The number of carboxylic acid groups (broad SMARTS) is 1. The van der Waals surface area contributed by atoms with E-state index in [1.165, 1.54) is 0 Å². The predicted octanol–water partition coefficient (Wildman–Crippen LogP) is 2.93. The molecule has 18 heavy (non-hydrogen) atoms. The summed E-state index contributed by atoms with van der Waals surface area (Å²) in [7, 11) is 0. The summed E-state index contributed by atoms with van der Waals surface area (Å²) in [6, 6.07) is 4.87. The molecule has 0 aliphatic carbocycles. The third kappa shape index (κ3) is 4.63. The Balaban J connectivity index is 2.82. The molecule has 1 rings (SSSR count). The van der Waals surface area contributed by atoms with E-state index in [9.17, 15) is 9.59 Å². The lowest BCUT2D eigenvalue weighted by Crippen LogP contribution is -2.14. The summed E-state index contributed by atoms with van der Waals surface area (Å²) in [4.78, 5) is 21.9. The minimum atomic E-state index is -0.905. The lowest BCUT2D eigenvalue weighted by atomic mass is 10.1. The van der Waals surface area contributed by atoms with Crippen LogP contribution in [-0.2, 0) is 16.0 Å². The molecular weight excluding hydrogens is 258 g/mol. The number of carboxylic acids is 1. The number of nitrogens with one attached hydrogen (secondary N) is 1. The molecule has 0 radical (unpaired) electrons. The largest absolute Gasteiger partial charge is 0.481 e. The summed E-state index contributed by atoms with van der Waals surface area (Å²) in [5.41, 5.74) is 1.18. The van der Waals surface area contributed by atoms with E-state index in [4.69, 9.17) is 21.4 Å². The molecule has 1 aromatic carbocycles. The first-order chi connectivity index (χ1) is 8.52. The number of rotatable bonds is 5. The number of carbonyl (C=O) groups excluding carboxylic acids is 1. The molecule has 1 aromatic rings. The van der Waals surface area contributed by atoms with Gasteiger partial charge < -0.3 is 9.84 Å². The fourth-order valence-corrected chi connectivity index (χ4v) is 1.60. The van der Waals surface area contributed by atoms with Crippen molar-refractivity contribution in [3.63, 3.8) is 0 Å². The molecule has 0 saturated carbocycles. The second-order valence-electron chi connectivity index (χ2n) is 3.54. The number of amides is 1. The molecule has 0 saturated heterocycles. The van der Waals surface area contributed by atoms with Gasteiger partial charge in [-0.3, -0.25) is 10.1 Å². The molecule has 0 aliphatic heterocycles. The highest BCUT2D eigenvalue weighted by Crippen LogP contribution is 2.22. The highest BCUT2D eigenvalue weighted by atomic mass is 35.5. The second-order valence-corrected chi connectivity index (χ2v) is 3.98. The van der Waals surface area contributed by atoms with Crippen LogP contribution in [0.5, 0.6) is 0 Å². The number of halogens is 1. The van der Waals surface area contributed by atoms with Crippen LogP contribution in [0.4, 0.5) is 10.5 Å². The summed E-state index contributed by atoms with van der Waals surface area (Å²) in [6.45, 7) is 1.97. The van der Waals surface area contributed by atoms with Gasteiger partial charge in [0.05, 0.1) is 6.61 Å². The highest BCUT2D eigenvalue weighted by molar-refractivity contribution is 6.30. The first-order valence-corrected chi connectivity index (χ1v) is 5.84. The summed E-state index contributed by atoms with van der Waals surface area (Å²) in [5, 5.41) is 11.7. The number of anilines is 1. The van der Waals surface area contributed by atoms with Gasteiger partial charge in [-0.05, 0) is 37.1 Å². The van der Waals surface area contributed by atoms with Crippen LogP contribution in [0.15, 0.2) is 18.2 Å². The molecule has 0 aliphatic rings. The lowest BCUT2D eigenvalue weighted by molar-refractivity contribution is -0.136. The third-order valence-corrected chi connectivity index (χ3v) is 2.42. The van der Waals surface area contributed by atoms with Crippen LogP contribution in [0.25, 0.3) is 0 Å². The summed E-state index contributed by atoms with van der Waals surface area (Å²) in [6.07, 6.45) is -0.313. The SMILES string of the molecule is CCOC(=O)Nc1ccc(Cl)cc1CCC(=O)O. The summed E-state index contributed by atoms with van der Waals surface area (Å²) in [5.74, 6) is -0.905. The van der Waals surface area contributed by atoms with Gasteiger partial charge in [-0.1, -0.05) is 11.6 Å². The van der Waals surface area contributed by atoms with Crippen molar-refractivity contribution in [2.24, 2.45) is 0 Å². The van der Waals surface area contributed by atoms with Crippen molar-refractivity contribution in [3.05, 3.63) is 28.8 Å². The smallest absolute Gasteiger partial charge is 0.411 e. The Morgan fingerprint density at radius 2 is 2.17 bits per heavy atom. The number of hydrogen-bond acceptors (Lipinski definition) is 3. The van der Waals surface area contributed by atoms with Crippen LogP contribution in [0.1, 0.15) is 18.9 Å². The number of aliphatic carboxylic acids is 1. The number of hydrogen-bond donors (Lipinski definition) is 2. The van der Waals surface area contributed by atoms with E-state index in [0.29, 0.717) is 16.3 Å². The van der Waals surface area contributed by atoms with E-state index >= 15 is 0 Å². The highest BCUT2D eigenvalue weighted by Gasteiger charge is 2.09. The average molecular weight is 272 g/mol. The maximum atomic E-state index is 11.3. The molecule has 0 bridgehead atoms. The molecule has 0 spiro atoms. The quantitative estimate of drug-likeness (QED) is 0.863. The topological polar surface area (TPSA) is 75.6 Å². The number of ether oxygens (including phenoxy) is 1. The Labute approximate surface area is 110 Å². The van der Waals surface area contributed by atoms with E-state index in [1.807, 2.05) is 0 Å². The normalized spacial score (nSPS) is 9.89. The molecule has 0 unspecified atom stereocenters. The van der Waals surface area contributed by atoms with Crippen LogP contribution >= 0.6 is 11.6 Å². The second kappa shape index (κ2) is 6.86. The summed E-state index contributed by atoms with van der Waals surface area (Å²) >= 11 is 5.84. The fraction of sp³-hybridized carbons (Fsp3) is 0.333. The van der Waals surface area contributed by atoms with Crippen molar-refractivity contribution in [3.8, 4) is 0 Å². The Bertz CT molecular complexity index is 448. The third-order valence-electron chi connectivity index (χ3n) is 2.19. The molecule has 5 nitrogen and oxygen atoms in total. The molecule has 2 N–H and O–H groups in total. The van der Waals surface area contributed by atoms with Crippen molar-refractivity contribution < 1.29 is 19.4 Å². The van der Waals surface area contributed by atoms with Crippen LogP contribution in [0.3, 0.4) is 0 Å². The Kier molecular flexibility index (Phi) is 5.45. The van der Waals surface area contributed by atoms with E-state index in [0.717, 1.165) is 0 Å². The van der Waals surface area contributed by atoms with E-state index in [-0.39, 0.29) is 19.4 Å². The van der Waals surface area contributed by atoms with Gasteiger partial charge in [0.2, 0.25) is 0 Å². The van der Waals surface area contributed by atoms with Crippen molar-refractivity contribution in [1.82, 2.24) is 0 Å². The fourth-order valence-electron chi connectivity index (χ4n) is 1.41. The number of aryl methyl sites for hydroxylation is 1. The molecule has 1 amide bonds. The van der Waals surface area contributed by atoms with Gasteiger partial charge in [0.25, 0.3) is 0 Å². The molecule has 0 atom stereocenters. The van der Waals surface area contributed by atoms with Crippen molar-refractivity contribution in [2.75, 3.05) is 11.9 Å². The minimum absolute atomic E-state index is 0.0299. The van der Waals surface area contributed by atoms with E-state index in [1.54, 1.807) is 25.1 Å². The monoisotopic (exact) mass is 271 g/mol. The Morgan fingerprint density at radius 1 is 1.44 bits per heavy atom. The zero-order chi connectivity index (χ0) is 13.5. The van der Waals surface area contributed by atoms with Crippen LogP contribution in [0, 0.1) is 0 Å². The predicted molar refractivity (Wildman–Crippen MR) is 68.1 cm³/mol. The molecular formula is C12H14ClNO4. The van der Waals surface area contributed by atoms with Gasteiger partial charge >= 0.3 is 12.1 Å². The van der Waals surface area contributed by atoms with Crippen molar-refractivity contribution in [1.29, 1.82) is 0 Å². The van der Waals surface area contributed by atoms with Gasteiger partial charge in [0.1, 0.15) is 0 Å². The Morgan fingerprint density at radius 3 is 2.78 bits per heavy atom. The van der Waals surface area contributed by atoms with E-state index in [2.05, 4.69) is 5.32 Å². The van der Waals surface area contributed by atoms with Gasteiger partial charge in [0, 0.05) is 17.1 Å². The van der Waals surface area contributed by atoms with Gasteiger partial charge in [-0.15, -0.1) is 0 Å². The lowest BCUT2D eigenvalue weighted by Gasteiger charge is -2.10. The summed E-state index contributed by atoms with van der Waals surface area (Å²) < 4.78 is 4.76. The van der Waals surface area contributed by atoms with Crippen LogP contribution < -0.4 is 5.32 Å². The maximum Gasteiger partial charge on any atom is 0.411 e. The van der Waals surface area contributed by atoms with Crippen molar-refractivity contribution in [2.45, 2.75) is 19.8 Å². The molecule has 98 valence electrons. The first kappa shape index (κ1) is 14.3. The standard InChI is InChI=1S/C12H14ClNO4/c1-2-18-12(17)14-10-5-4-9(13)7-8(10)3-6-11(15)16/h4-5,7H,2-3,6H2,1H3,(H,14,17)(H,15,16). The number of carbonyl (C=O) groups is 2. The minimum Gasteiger partial charge on any atom is -0.481 e. The molecule has 0 heterocycles. The average Bonchev–Trinajstić information content (AvgIpc) is 2.29. The van der Waals surface area contributed by atoms with Crippen molar-refractivity contribution >= 4 is 29.4 Å². The first-order valence-electron chi connectivity index (χ1n) is 5.47. The maximum absolute atomic E-state index is 11.3.